The van der Waals surface area contributed by atoms with E-state index in [4.69, 9.17) is 14.2 Å². The van der Waals surface area contributed by atoms with Crippen molar-refractivity contribution < 1.29 is 28.9 Å². The van der Waals surface area contributed by atoms with Crippen molar-refractivity contribution in [2.24, 2.45) is 0 Å². The average Bonchev–Trinajstić information content (AvgIpc) is 3.49. The first-order valence-electron chi connectivity index (χ1n) is 12.9. The third-order valence-corrected chi connectivity index (χ3v) is 7.50. The molecule has 0 aromatic heterocycles. The van der Waals surface area contributed by atoms with Crippen molar-refractivity contribution in [1.82, 2.24) is 0 Å². The highest BCUT2D eigenvalue weighted by Crippen LogP contribution is 2.46. The molecule has 0 aliphatic carbocycles. The first-order valence-corrected chi connectivity index (χ1v) is 12.9. The van der Waals surface area contributed by atoms with Crippen LogP contribution < -0.4 is 24.0 Å². The zero-order valence-electron chi connectivity index (χ0n) is 22.4. The van der Waals surface area contributed by atoms with E-state index in [0.29, 0.717) is 47.2 Å². The summed E-state index contributed by atoms with van der Waals surface area (Å²) in [5.41, 5.74) is 3.50. The average molecular weight is 527 g/mol. The Morgan fingerprint density at radius 1 is 0.897 bits per heavy atom. The van der Waals surface area contributed by atoms with Gasteiger partial charge in [-0.15, -0.1) is 0 Å². The highest BCUT2D eigenvalue weighted by Gasteiger charge is 2.47. The summed E-state index contributed by atoms with van der Waals surface area (Å²) in [6.07, 6.45) is 0. The smallest absolute Gasteiger partial charge is 0.300 e. The van der Waals surface area contributed by atoms with Crippen LogP contribution in [0.4, 0.5) is 11.4 Å². The molecule has 3 aromatic rings. The Hall–Kier alpha value is -4.46. The van der Waals surface area contributed by atoms with E-state index in [9.17, 15) is 14.7 Å². The molecule has 0 saturated carbocycles. The van der Waals surface area contributed by atoms with Crippen molar-refractivity contribution in [1.29, 1.82) is 0 Å². The number of hydrogen-bond acceptors (Lipinski definition) is 7. The van der Waals surface area contributed by atoms with E-state index in [0.717, 1.165) is 11.3 Å². The number of aliphatic hydroxyl groups is 1. The largest absolute Gasteiger partial charge is 0.507 e. The second-order valence-corrected chi connectivity index (χ2v) is 11.0. The van der Waals surface area contributed by atoms with Crippen molar-refractivity contribution in [3.05, 3.63) is 82.9 Å². The fourth-order valence-electron chi connectivity index (χ4n) is 5.27. The van der Waals surface area contributed by atoms with Gasteiger partial charge in [-0.2, -0.15) is 0 Å². The van der Waals surface area contributed by atoms with E-state index in [-0.39, 0.29) is 23.5 Å². The Balaban J connectivity index is 1.52. The molecule has 0 spiro atoms. The van der Waals surface area contributed by atoms with Gasteiger partial charge in [-0.3, -0.25) is 14.5 Å². The molecule has 1 saturated heterocycles. The molecule has 3 aliphatic heterocycles. The molecule has 8 heteroatoms. The molecule has 200 valence electrons. The number of amides is 1. The Kier molecular flexibility index (Phi) is 5.79. The van der Waals surface area contributed by atoms with Gasteiger partial charge in [0.15, 0.2) is 11.5 Å². The van der Waals surface area contributed by atoms with Gasteiger partial charge < -0.3 is 24.2 Å². The van der Waals surface area contributed by atoms with Crippen molar-refractivity contribution in [2.75, 3.05) is 36.8 Å². The van der Waals surface area contributed by atoms with Crippen LogP contribution in [-0.4, -0.2) is 43.8 Å². The number of carbonyl (C=O) groups excluding carboxylic acids is 2. The van der Waals surface area contributed by atoms with Crippen LogP contribution in [0.5, 0.6) is 17.2 Å². The van der Waals surface area contributed by atoms with Crippen molar-refractivity contribution in [2.45, 2.75) is 32.2 Å². The molecule has 6 rings (SSSR count). The second kappa shape index (κ2) is 9.08. The van der Waals surface area contributed by atoms with Gasteiger partial charge in [0.2, 0.25) is 6.79 Å². The lowest BCUT2D eigenvalue weighted by Gasteiger charge is -2.28. The standard InChI is InChI=1S/C31H30N2O6/c1-31(2,3)20-8-5-18(6-9-20)27-26(28(34)19-7-11-23-22(15-19)32(4)13-14-37-23)29(35)30(36)33(27)21-10-12-24-25(16-21)39-17-38-24/h5-12,15-16,27,34H,13-14,17H2,1-4H3/b28-26-. The number of carbonyl (C=O) groups is 2. The van der Waals surface area contributed by atoms with Gasteiger partial charge in [0.25, 0.3) is 11.7 Å². The van der Waals surface area contributed by atoms with Crippen LogP contribution in [-0.2, 0) is 15.0 Å². The number of Topliss-reactive ketones (excluding diaryl/α,β-unsaturated/α-hetero) is 1. The Morgan fingerprint density at radius 3 is 2.36 bits per heavy atom. The molecule has 1 fully saturated rings. The lowest BCUT2D eigenvalue weighted by molar-refractivity contribution is -0.132. The van der Waals surface area contributed by atoms with E-state index in [1.54, 1.807) is 36.4 Å². The first kappa shape index (κ1) is 24.9. The van der Waals surface area contributed by atoms with Crippen LogP contribution in [0.25, 0.3) is 5.76 Å². The third-order valence-electron chi connectivity index (χ3n) is 7.50. The fraction of sp³-hybridized carbons (Fsp3) is 0.290. The number of aliphatic hydroxyl groups excluding tert-OH is 1. The molecule has 1 amide bonds. The van der Waals surface area contributed by atoms with E-state index < -0.39 is 17.7 Å². The number of fused-ring (bicyclic) bond motifs is 2. The summed E-state index contributed by atoms with van der Waals surface area (Å²) in [4.78, 5) is 30.6. The minimum Gasteiger partial charge on any atom is -0.507 e. The summed E-state index contributed by atoms with van der Waals surface area (Å²) in [7, 11) is 1.94. The Morgan fingerprint density at radius 2 is 1.62 bits per heavy atom. The minimum atomic E-state index is -0.843. The molecular formula is C31H30N2O6. The van der Waals surface area contributed by atoms with Crippen molar-refractivity contribution >= 4 is 28.8 Å². The maximum absolute atomic E-state index is 13.6. The predicted octanol–water partition coefficient (Wildman–Crippen LogP) is 5.17. The number of hydrogen-bond donors (Lipinski definition) is 1. The van der Waals surface area contributed by atoms with Gasteiger partial charge in [-0.1, -0.05) is 45.0 Å². The fourth-order valence-corrected chi connectivity index (χ4v) is 5.27. The number of nitrogens with zero attached hydrogens (tertiary/aromatic N) is 2. The van der Waals surface area contributed by atoms with Crippen LogP contribution in [0.1, 0.15) is 43.5 Å². The number of anilines is 2. The number of benzene rings is 3. The van der Waals surface area contributed by atoms with Gasteiger partial charge in [0.1, 0.15) is 18.1 Å². The van der Waals surface area contributed by atoms with E-state index in [1.165, 1.54) is 4.90 Å². The van der Waals surface area contributed by atoms with Crippen molar-refractivity contribution in [3.8, 4) is 17.2 Å². The summed E-state index contributed by atoms with van der Waals surface area (Å²) >= 11 is 0. The highest BCUT2D eigenvalue weighted by atomic mass is 16.7. The summed E-state index contributed by atoms with van der Waals surface area (Å²) in [6.45, 7) is 7.73. The van der Waals surface area contributed by atoms with Gasteiger partial charge in [0.05, 0.1) is 23.8 Å². The molecule has 39 heavy (non-hydrogen) atoms. The number of ketones is 1. The first-order chi connectivity index (χ1) is 18.6. The Bertz CT molecular complexity index is 1520. The number of rotatable bonds is 3. The molecule has 3 heterocycles. The van der Waals surface area contributed by atoms with Crippen LogP contribution in [0.2, 0.25) is 0 Å². The van der Waals surface area contributed by atoms with Gasteiger partial charge in [-0.25, -0.2) is 0 Å². The second-order valence-electron chi connectivity index (χ2n) is 11.0. The number of likely N-dealkylation sites (N-methyl/N-ethyl adjacent to an activating group) is 1. The summed E-state index contributed by atoms with van der Waals surface area (Å²) < 4.78 is 16.7. The maximum Gasteiger partial charge on any atom is 0.300 e. The zero-order chi connectivity index (χ0) is 27.5. The summed E-state index contributed by atoms with van der Waals surface area (Å²) in [6, 6.07) is 17.4. The molecule has 3 aromatic carbocycles. The molecule has 0 radical (unpaired) electrons. The molecular weight excluding hydrogens is 496 g/mol. The highest BCUT2D eigenvalue weighted by molar-refractivity contribution is 6.51. The van der Waals surface area contributed by atoms with Crippen LogP contribution in [0, 0.1) is 0 Å². The molecule has 1 N–H and O–H groups in total. The van der Waals surface area contributed by atoms with Crippen LogP contribution in [0.3, 0.4) is 0 Å². The van der Waals surface area contributed by atoms with Crippen LogP contribution in [0.15, 0.2) is 66.2 Å². The molecule has 1 atom stereocenters. The quantitative estimate of drug-likeness (QED) is 0.286. The Labute approximate surface area is 227 Å². The predicted molar refractivity (Wildman–Crippen MR) is 148 cm³/mol. The SMILES string of the molecule is CN1CCOc2ccc(/C(O)=C3/C(=O)C(=O)N(c4ccc5c(c4)OCO5)C3c3ccc(C(C)(C)C)cc3)cc21. The third kappa shape index (κ3) is 4.16. The monoisotopic (exact) mass is 526 g/mol. The normalized spacial score (nSPS) is 19.7. The topological polar surface area (TPSA) is 88.5 Å². The van der Waals surface area contributed by atoms with E-state index in [2.05, 4.69) is 20.8 Å². The lowest BCUT2D eigenvalue weighted by Crippen LogP contribution is -2.29. The number of ether oxygens (including phenoxy) is 3. The maximum atomic E-state index is 13.6. The van der Waals surface area contributed by atoms with E-state index >= 15 is 0 Å². The zero-order valence-corrected chi connectivity index (χ0v) is 22.4. The van der Waals surface area contributed by atoms with Gasteiger partial charge in [0, 0.05) is 24.4 Å². The molecule has 3 aliphatic rings. The van der Waals surface area contributed by atoms with Crippen LogP contribution >= 0.6 is 0 Å². The molecule has 8 nitrogen and oxygen atoms in total. The van der Waals surface area contributed by atoms with E-state index in [1.807, 2.05) is 36.2 Å². The van der Waals surface area contributed by atoms with Gasteiger partial charge >= 0.3 is 0 Å². The summed E-state index contributed by atoms with van der Waals surface area (Å²) in [5, 5.41) is 11.6. The summed E-state index contributed by atoms with van der Waals surface area (Å²) in [5.74, 6) is 0.0607. The van der Waals surface area contributed by atoms with Gasteiger partial charge in [-0.05, 0) is 46.9 Å². The lowest BCUT2D eigenvalue weighted by atomic mass is 9.85. The van der Waals surface area contributed by atoms with Crippen molar-refractivity contribution in [3.63, 3.8) is 0 Å². The molecule has 0 bridgehead atoms. The minimum absolute atomic E-state index is 0.0282. The molecule has 1 unspecified atom stereocenters.